The summed E-state index contributed by atoms with van der Waals surface area (Å²) in [4.78, 5) is 26.2. The Morgan fingerprint density at radius 2 is 2.05 bits per heavy atom. The molecule has 2 saturated heterocycles. The summed E-state index contributed by atoms with van der Waals surface area (Å²) in [6, 6.07) is -0.383. The van der Waals surface area contributed by atoms with Crippen LogP contribution in [-0.2, 0) is 9.53 Å². The molecule has 2 heterocycles. The molecule has 0 aromatic carbocycles. The van der Waals surface area contributed by atoms with E-state index >= 15 is 0 Å². The van der Waals surface area contributed by atoms with Crippen molar-refractivity contribution in [2.45, 2.75) is 58.1 Å². The van der Waals surface area contributed by atoms with E-state index in [4.69, 9.17) is 4.74 Å². The van der Waals surface area contributed by atoms with E-state index in [1.54, 1.807) is 4.90 Å². The van der Waals surface area contributed by atoms with Crippen LogP contribution < -0.4 is 10.6 Å². The van der Waals surface area contributed by atoms with Gasteiger partial charge in [-0.3, -0.25) is 9.69 Å². The molecule has 0 aliphatic carbocycles. The summed E-state index contributed by atoms with van der Waals surface area (Å²) in [5.74, 6) is 0.447. The molecule has 126 valence electrons. The molecular formula is C16H29N3O3. The van der Waals surface area contributed by atoms with E-state index in [1.165, 1.54) is 0 Å². The third kappa shape index (κ3) is 4.87. The maximum Gasteiger partial charge on any atom is 0.410 e. The van der Waals surface area contributed by atoms with Gasteiger partial charge in [0.1, 0.15) is 11.6 Å². The average molecular weight is 311 g/mol. The fourth-order valence-corrected chi connectivity index (χ4v) is 3.04. The molecule has 0 bridgehead atoms. The fraction of sp³-hybridized carbons (Fsp3) is 0.875. The Balaban J connectivity index is 1.83. The third-order valence-electron chi connectivity index (χ3n) is 4.15. The van der Waals surface area contributed by atoms with Gasteiger partial charge in [0.2, 0.25) is 5.91 Å². The maximum absolute atomic E-state index is 12.4. The van der Waals surface area contributed by atoms with Crippen LogP contribution in [0.4, 0.5) is 4.79 Å². The lowest BCUT2D eigenvalue weighted by molar-refractivity contribution is -0.125. The topological polar surface area (TPSA) is 70.7 Å². The van der Waals surface area contributed by atoms with Crippen molar-refractivity contribution in [1.82, 2.24) is 15.5 Å². The van der Waals surface area contributed by atoms with E-state index in [9.17, 15) is 9.59 Å². The van der Waals surface area contributed by atoms with Crippen LogP contribution in [0.5, 0.6) is 0 Å². The lowest BCUT2D eigenvalue weighted by Crippen LogP contribution is -2.49. The first-order valence-corrected chi connectivity index (χ1v) is 8.35. The molecule has 2 unspecified atom stereocenters. The van der Waals surface area contributed by atoms with Gasteiger partial charge in [0.05, 0.1) is 0 Å². The summed E-state index contributed by atoms with van der Waals surface area (Å²) < 4.78 is 5.39. The van der Waals surface area contributed by atoms with Gasteiger partial charge in [-0.15, -0.1) is 0 Å². The van der Waals surface area contributed by atoms with Gasteiger partial charge < -0.3 is 15.4 Å². The van der Waals surface area contributed by atoms with Gasteiger partial charge in [-0.25, -0.2) is 4.79 Å². The first kappa shape index (κ1) is 17.1. The van der Waals surface area contributed by atoms with Crippen LogP contribution in [0.1, 0.15) is 46.5 Å². The molecule has 2 amide bonds. The monoisotopic (exact) mass is 311 g/mol. The fourth-order valence-electron chi connectivity index (χ4n) is 3.04. The van der Waals surface area contributed by atoms with Crippen LogP contribution in [0, 0.1) is 5.92 Å². The van der Waals surface area contributed by atoms with Crippen LogP contribution in [0.3, 0.4) is 0 Å². The van der Waals surface area contributed by atoms with Crippen LogP contribution in [0.15, 0.2) is 0 Å². The Kier molecular flexibility index (Phi) is 5.67. The van der Waals surface area contributed by atoms with Crippen LogP contribution in [0.2, 0.25) is 0 Å². The van der Waals surface area contributed by atoms with Gasteiger partial charge >= 0.3 is 6.09 Å². The molecule has 6 heteroatoms. The predicted octanol–water partition coefficient (Wildman–Crippen LogP) is 1.50. The molecule has 2 aliphatic heterocycles. The maximum atomic E-state index is 12.4. The Labute approximate surface area is 132 Å². The molecule has 2 atom stereocenters. The Bertz CT molecular complexity index is 400. The molecule has 0 saturated carbocycles. The molecule has 2 rings (SSSR count). The molecular weight excluding hydrogens is 282 g/mol. The number of ether oxygens (including phenoxy) is 1. The SMILES string of the molecule is CC(C)(C)OC(=O)N1CCCC1C(=O)NCC1CCCNC1. The van der Waals surface area contributed by atoms with E-state index in [1.807, 2.05) is 20.8 Å². The van der Waals surface area contributed by atoms with E-state index in [0.29, 0.717) is 25.4 Å². The molecule has 2 N–H and O–H groups in total. The highest BCUT2D eigenvalue weighted by molar-refractivity contribution is 5.86. The molecule has 2 aliphatic rings. The van der Waals surface area contributed by atoms with E-state index in [0.717, 1.165) is 32.4 Å². The number of nitrogens with zero attached hydrogens (tertiary/aromatic N) is 1. The van der Waals surface area contributed by atoms with E-state index < -0.39 is 5.60 Å². The van der Waals surface area contributed by atoms with Crippen molar-refractivity contribution < 1.29 is 14.3 Å². The predicted molar refractivity (Wildman–Crippen MR) is 84.6 cm³/mol. The van der Waals surface area contributed by atoms with Crippen molar-refractivity contribution in [3.8, 4) is 0 Å². The summed E-state index contributed by atoms with van der Waals surface area (Å²) in [7, 11) is 0. The Morgan fingerprint density at radius 1 is 1.27 bits per heavy atom. The van der Waals surface area contributed by atoms with Gasteiger partial charge in [0.25, 0.3) is 0 Å². The zero-order valence-electron chi connectivity index (χ0n) is 14.0. The summed E-state index contributed by atoms with van der Waals surface area (Å²) in [5.41, 5.74) is -0.533. The third-order valence-corrected chi connectivity index (χ3v) is 4.15. The highest BCUT2D eigenvalue weighted by Crippen LogP contribution is 2.21. The van der Waals surface area contributed by atoms with Crippen LogP contribution >= 0.6 is 0 Å². The molecule has 0 radical (unpaired) electrons. The van der Waals surface area contributed by atoms with E-state index in [-0.39, 0.29) is 18.0 Å². The van der Waals surface area contributed by atoms with Gasteiger partial charge in [0, 0.05) is 13.1 Å². The van der Waals surface area contributed by atoms with Gasteiger partial charge in [-0.2, -0.15) is 0 Å². The molecule has 2 fully saturated rings. The number of likely N-dealkylation sites (tertiary alicyclic amines) is 1. The standard InChI is InChI=1S/C16H29N3O3/c1-16(2,3)22-15(21)19-9-5-7-13(19)14(20)18-11-12-6-4-8-17-10-12/h12-13,17H,4-11H2,1-3H3,(H,18,20). The average Bonchev–Trinajstić information content (AvgIpc) is 2.93. The van der Waals surface area contributed by atoms with Gasteiger partial charge in [-0.1, -0.05) is 0 Å². The number of rotatable bonds is 3. The number of piperidine rings is 1. The smallest absolute Gasteiger partial charge is 0.410 e. The zero-order valence-corrected chi connectivity index (χ0v) is 14.0. The number of hydrogen-bond acceptors (Lipinski definition) is 4. The number of carbonyl (C=O) groups is 2. The Hall–Kier alpha value is -1.30. The number of amides is 2. The van der Waals surface area contributed by atoms with Crippen molar-refractivity contribution >= 4 is 12.0 Å². The summed E-state index contributed by atoms with van der Waals surface area (Å²) in [5, 5.41) is 6.36. The number of nitrogens with one attached hydrogen (secondary N) is 2. The zero-order chi connectivity index (χ0) is 16.2. The van der Waals surface area contributed by atoms with Gasteiger partial charge in [0.15, 0.2) is 0 Å². The quantitative estimate of drug-likeness (QED) is 0.829. The van der Waals surface area contributed by atoms with Crippen molar-refractivity contribution in [2.24, 2.45) is 5.92 Å². The van der Waals surface area contributed by atoms with Crippen LogP contribution in [0.25, 0.3) is 0 Å². The minimum absolute atomic E-state index is 0.0473. The first-order valence-electron chi connectivity index (χ1n) is 8.35. The Morgan fingerprint density at radius 3 is 2.68 bits per heavy atom. The highest BCUT2D eigenvalue weighted by atomic mass is 16.6. The minimum Gasteiger partial charge on any atom is -0.444 e. The molecule has 6 nitrogen and oxygen atoms in total. The number of hydrogen-bond donors (Lipinski definition) is 2. The molecule has 0 aromatic rings. The normalized spacial score (nSPS) is 25.9. The van der Waals surface area contributed by atoms with Crippen molar-refractivity contribution in [2.75, 3.05) is 26.2 Å². The van der Waals surface area contributed by atoms with Gasteiger partial charge in [-0.05, 0) is 65.5 Å². The van der Waals surface area contributed by atoms with Crippen molar-refractivity contribution in [1.29, 1.82) is 0 Å². The van der Waals surface area contributed by atoms with E-state index in [2.05, 4.69) is 10.6 Å². The second-order valence-electron chi connectivity index (χ2n) is 7.29. The highest BCUT2D eigenvalue weighted by Gasteiger charge is 2.36. The molecule has 0 aromatic heterocycles. The summed E-state index contributed by atoms with van der Waals surface area (Å²) in [6.45, 7) is 8.83. The van der Waals surface area contributed by atoms with Crippen molar-refractivity contribution in [3.63, 3.8) is 0 Å². The minimum atomic E-state index is -0.533. The second kappa shape index (κ2) is 7.31. The lowest BCUT2D eigenvalue weighted by Gasteiger charge is -2.29. The molecule has 0 spiro atoms. The lowest BCUT2D eigenvalue weighted by atomic mass is 9.99. The largest absolute Gasteiger partial charge is 0.444 e. The first-order chi connectivity index (χ1) is 10.4. The van der Waals surface area contributed by atoms with Crippen LogP contribution in [-0.4, -0.2) is 54.7 Å². The molecule has 22 heavy (non-hydrogen) atoms. The number of carbonyl (C=O) groups excluding carboxylic acids is 2. The van der Waals surface area contributed by atoms with Crippen molar-refractivity contribution in [3.05, 3.63) is 0 Å². The second-order valence-corrected chi connectivity index (χ2v) is 7.29. The summed E-state index contributed by atoms with van der Waals surface area (Å²) >= 11 is 0. The summed E-state index contributed by atoms with van der Waals surface area (Å²) in [6.07, 6.45) is 3.49.